The van der Waals surface area contributed by atoms with Gasteiger partial charge in [0, 0.05) is 10.5 Å². The van der Waals surface area contributed by atoms with E-state index in [2.05, 4.69) is 50.2 Å². The van der Waals surface area contributed by atoms with Crippen LogP contribution in [0, 0.1) is 19.7 Å². The van der Waals surface area contributed by atoms with Crippen molar-refractivity contribution >= 4 is 23.2 Å². The monoisotopic (exact) mass is 361 g/mol. The fraction of sp³-hybridized carbons (Fsp3) is 0.0870. The van der Waals surface area contributed by atoms with Crippen LogP contribution in [0.25, 0.3) is 0 Å². The second kappa shape index (κ2) is 8.63. The number of hydrogen-bond acceptors (Lipinski definition) is 2. The minimum atomic E-state index is -0.223. The average molecular weight is 361 g/mol. The molecule has 0 saturated heterocycles. The summed E-state index contributed by atoms with van der Waals surface area (Å²) in [6.45, 7) is 4.13. The summed E-state index contributed by atoms with van der Waals surface area (Å²) in [5.74, 6) is -0.223. The van der Waals surface area contributed by atoms with Crippen molar-refractivity contribution in [3.05, 3.63) is 107 Å². The largest absolute Gasteiger partial charge is 0.248 e. The smallest absolute Gasteiger partial charge is 0.123 e. The molecule has 3 heteroatoms. The Morgan fingerprint density at radius 1 is 0.808 bits per heavy atom. The van der Waals surface area contributed by atoms with Gasteiger partial charge in [0.05, 0.1) is 11.4 Å². The van der Waals surface area contributed by atoms with Crippen molar-refractivity contribution in [3.63, 3.8) is 0 Å². The van der Waals surface area contributed by atoms with E-state index in [-0.39, 0.29) is 5.82 Å². The molecule has 130 valence electrons. The molecule has 0 aliphatic rings. The summed E-state index contributed by atoms with van der Waals surface area (Å²) < 4.78 is 13.0. The summed E-state index contributed by atoms with van der Waals surface area (Å²) in [7, 11) is 0. The summed E-state index contributed by atoms with van der Waals surface area (Å²) in [4.78, 5) is 5.79. The highest BCUT2D eigenvalue weighted by Gasteiger charge is 2.01. The maximum atomic E-state index is 13.0. The van der Waals surface area contributed by atoms with Crippen molar-refractivity contribution in [2.75, 3.05) is 0 Å². The highest BCUT2D eigenvalue weighted by Crippen LogP contribution is 2.21. The highest BCUT2D eigenvalue weighted by molar-refractivity contribution is 8.02. The lowest BCUT2D eigenvalue weighted by Crippen LogP contribution is -1.96. The molecule has 0 saturated carbocycles. The molecule has 0 atom stereocenters. The van der Waals surface area contributed by atoms with Crippen LogP contribution in [0.5, 0.6) is 0 Å². The highest BCUT2D eigenvalue weighted by atomic mass is 32.2. The topological polar surface area (TPSA) is 12.4 Å². The number of rotatable bonds is 5. The van der Waals surface area contributed by atoms with Gasteiger partial charge in [0.2, 0.25) is 0 Å². The number of nitrogens with zero attached hydrogens (tertiary/aromatic N) is 1. The van der Waals surface area contributed by atoms with Gasteiger partial charge in [-0.05, 0) is 61.7 Å². The first-order chi connectivity index (χ1) is 12.6. The van der Waals surface area contributed by atoms with Crippen molar-refractivity contribution in [1.82, 2.24) is 0 Å². The molecule has 0 radical (unpaired) electrons. The van der Waals surface area contributed by atoms with Gasteiger partial charge in [-0.25, -0.2) is 9.38 Å². The first-order valence-corrected chi connectivity index (χ1v) is 9.29. The SMILES string of the molecule is Cc1ccc(/N=C(/C=C/Sc2ccc(F)cc2)c2ccc(C)cc2)cc1. The lowest BCUT2D eigenvalue weighted by atomic mass is 10.1. The van der Waals surface area contributed by atoms with Crippen LogP contribution in [0.1, 0.15) is 16.7 Å². The van der Waals surface area contributed by atoms with Crippen LogP contribution in [-0.2, 0) is 0 Å². The normalized spacial score (nSPS) is 11.9. The van der Waals surface area contributed by atoms with Crippen molar-refractivity contribution in [2.24, 2.45) is 4.99 Å². The molecule has 0 aliphatic heterocycles. The Labute approximate surface area is 158 Å². The average Bonchev–Trinajstić information content (AvgIpc) is 2.65. The van der Waals surface area contributed by atoms with E-state index >= 15 is 0 Å². The van der Waals surface area contributed by atoms with Crippen LogP contribution in [0.15, 0.2) is 94.2 Å². The Kier molecular flexibility index (Phi) is 6.03. The minimum Gasteiger partial charge on any atom is -0.248 e. The maximum Gasteiger partial charge on any atom is 0.123 e. The zero-order valence-electron chi connectivity index (χ0n) is 14.8. The molecule has 3 aromatic carbocycles. The third-order valence-corrected chi connectivity index (χ3v) is 4.69. The molecule has 3 aromatic rings. The van der Waals surface area contributed by atoms with Crippen LogP contribution in [0.4, 0.5) is 10.1 Å². The molecule has 3 rings (SSSR count). The summed E-state index contributed by atoms with van der Waals surface area (Å²) in [6.07, 6.45) is 2.00. The van der Waals surface area contributed by atoms with Gasteiger partial charge in [-0.2, -0.15) is 0 Å². The van der Waals surface area contributed by atoms with E-state index in [4.69, 9.17) is 4.99 Å². The van der Waals surface area contributed by atoms with Gasteiger partial charge in [0.1, 0.15) is 5.82 Å². The molecule has 0 unspecified atom stereocenters. The molecule has 0 fully saturated rings. The first-order valence-electron chi connectivity index (χ1n) is 8.41. The van der Waals surface area contributed by atoms with E-state index in [1.54, 1.807) is 23.9 Å². The molecule has 0 amide bonds. The van der Waals surface area contributed by atoms with E-state index in [0.29, 0.717) is 0 Å². The quantitative estimate of drug-likeness (QED) is 0.357. The molecule has 0 aliphatic carbocycles. The summed E-state index contributed by atoms with van der Waals surface area (Å²) in [5, 5.41) is 1.99. The number of allylic oxidation sites excluding steroid dienone is 1. The van der Waals surface area contributed by atoms with E-state index < -0.39 is 0 Å². The van der Waals surface area contributed by atoms with Crippen molar-refractivity contribution < 1.29 is 4.39 Å². The second-order valence-corrected chi connectivity index (χ2v) is 7.05. The molecular formula is C23H20FNS. The number of hydrogen-bond donors (Lipinski definition) is 0. The molecule has 0 aromatic heterocycles. The van der Waals surface area contributed by atoms with Crippen molar-refractivity contribution in [1.29, 1.82) is 0 Å². The fourth-order valence-corrected chi connectivity index (χ4v) is 3.02. The molecule has 0 N–H and O–H groups in total. The molecule has 0 bridgehead atoms. The molecule has 0 heterocycles. The number of benzene rings is 3. The van der Waals surface area contributed by atoms with Crippen LogP contribution in [0.3, 0.4) is 0 Å². The lowest BCUT2D eigenvalue weighted by Gasteiger charge is -2.04. The Balaban J connectivity index is 1.87. The van der Waals surface area contributed by atoms with Gasteiger partial charge in [-0.3, -0.25) is 0 Å². The summed E-state index contributed by atoms with van der Waals surface area (Å²) in [6, 6.07) is 23.0. The molecule has 1 nitrogen and oxygen atoms in total. The third-order valence-electron chi connectivity index (χ3n) is 3.87. The van der Waals surface area contributed by atoms with Crippen LogP contribution in [0.2, 0.25) is 0 Å². The number of aryl methyl sites for hydroxylation is 2. The third kappa shape index (κ3) is 5.17. The van der Waals surface area contributed by atoms with Gasteiger partial charge < -0.3 is 0 Å². The van der Waals surface area contributed by atoms with E-state index in [0.717, 1.165) is 21.9 Å². The van der Waals surface area contributed by atoms with Gasteiger partial charge in [-0.1, -0.05) is 59.3 Å². The van der Waals surface area contributed by atoms with Gasteiger partial charge >= 0.3 is 0 Å². The molecular weight excluding hydrogens is 341 g/mol. The predicted octanol–water partition coefficient (Wildman–Crippen LogP) is 6.87. The van der Waals surface area contributed by atoms with Crippen molar-refractivity contribution in [2.45, 2.75) is 18.7 Å². The Hall–Kier alpha value is -2.65. The first kappa shape index (κ1) is 18.2. The van der Waals surface area contributed by atoms with Crippen molar-refractivity contribution in [3.8, 4) is 0 Å². The Morgan fingerprint density at radius 2 is 1.38 bits per heavy atom. The van der Waals surface area contributed by atoms with E-state index in [1.165, 1.54) is 23.3 Å². The number of aliphatic imine (C=N–C) groups is 1. The summed E-state index contributed by atoms with van der Waals surface area (Å²) >= 11 is 1.54. The molecule has 0 spiro atoms. The van der Waals surface area contributed by atoms with Crippen LogP contribution < -0.4 is 0 Å². The maximum absolute atomic E-state index is 13.0. The summed E-state index contributed by atoms with van der Waals surface area (Å²) in [5.41, 5.74) is 5.30. The Bertz CT molecular complexity index is 908. The van der Waals surface area contributed by atoms with Gasteiger partial charge in [-0.15, -0.1) is 0 Å². The van der Waals surface area contributed by atoms with E-state index in [1.807, 2.05) is 23.6 Å². The minimum absolute atomic E-state index is 0.223. The van der Waals surface area contributed by atoms with Gasteiger partial charge in [0.15, 0.2) is 0 Å². The predicted molar refractivity (Wildman–Crippen MR) is 110 cm³/mol. The molecule has 26 heavy (non-hydrogen) atoms. The fourth-order valence-electron chi connectivity index (χ4n) is 2.37. The Morgan fingerprint density at radius 3 is 2.00 bits per heavy atom. The van der Waals surface area contributed by atoms with Crippen LogP contribution >= 0.6 is 11.8 Å². The number of thioether (sulfide) groups is 1. The number of halogens is 1. The van der Waals surface area contributed by atoms with Gasteiger partial charge in [0.25, 0.3) is 0 Å². The zero-order valence-corrected chi connectivity index (χ0v) is 15.6. The van der Waals surface area contributed by atoms with E-state index in [9.17, 15) is 4.39 Å². The lowest BCUT2D eigenvalue weighted by molar-refractivity contribution is 0.626. The zero-order chi connectivity index (χ0) is 18.4. The standard InChI is InChI=1S/C23H20FNS/c1-17-3-7-19(8-4-17)23(25-21-11-5-18(2)6-12-21)15-16-26-22-13-9-20(24)10-14-22/h3-16H,1-2H3/b16-15+,25-23-. The van der Waals surface area contributed by atoms with Crippen LogP contribution in [-0.4, -0.2) is 5.71 Å². The second-order valence-electron chi connectivity index (χ2n) is 6.07.